The molecule has 0 radical (unpaired) electrons. The number of halogens is 1. The maximum atomic E-state index is 11.6. The molecule has 1 aromatic carbocycles. The number of benzene rings is 1. The van der Waals surface area contributed by atoms with Crippen LogP contribution in [-0.4, -0.2) is 18.6 Å². The molecule has 0 unspecified atom stereocenters. The SMILES string of the molecule is CCC[C@@H](C)NC(=O)COc1ccccc1Br. The second kappa shape index (κ2) is 7.33. The minimum absolute atomic E-state index is 0.0522. The van der Waals surface area contributed by atoms with Crippen molar-refractivity contribution in [1.29, 1.82) is 0 Å². The lowest BCUT2D eigenvalue weighted by molar-refractivity contribution is -0.123. The van der Waals surface area contributed by atoms with Crippen molar-refractivity contribution in [1.82, 2.24) is 5.32 Å². The summed E-state index contributed by atoms with van der Waals surface area (Å²) in [6.45, 7) is 4.15. The molecule has 17 heavy (non-hydrogen) atoms. The molecule has 0 aliphatic carbocycles. The van der Waals surface area contributed by atoms with Gasteiger partial charge in [-0.25, -0.2) is 0 Å². The third kappa shape index (κ3) is 5.22. The molecule has 1 N–H and O–H groups in total. The van der Waals surface area contributed by atoms with Gasteiger partial charge in [0.15, 0.2) is 6.61 Å². The van der Waals surface area contributed by atoms with Crippen molar-refractivity contribution in [2.45, 2.75) is 32.7 Å². The zero-order valence-electron chi connectivity index (χ0n) is 10.2. The number of para-hydroxylation sites is 1. The van der Waals surface area contributed by atoms with Gasteiger partial charge in [0.25, 0.3) is 5.91 Å². The molecule has 3 nitrogen and oxygen atoms in total. The van der Waals surface area contributed by atoms with E-state index in [0.717, 1.165) is 17.3 Å². The summed E-state index contributed by atoms with van der Waals surface area (Å²) in [5.74, 6) is 0.604. The highest BCUT2D eigenvalue weighted by Crippen LogP contribution is 2.23. The van der Waals surface area contributed by atoms with E-state index in [0.29, 0.717) is 5.75 Å². The van der Waals surface area contributed by atoms with Crippen LogP contribution in [0, 0.1) is 0 Å². The Labute approximate surface area is 111 Å². The number of nitrogens with one attached hydrogen (secondary N) is 1. The standard InChI is InChI=1S/C13H18BrNO2/c1-3-6-10(2)15-13(16)9-17-12-8-5-4-7-11(12)14/h4-5,7-8,10H,3,6,9H2,1-2H3,(H,15,16)/t10-/m1/s1. The van der Waals surface area contributed by atoms with Crippen molar-refractivity contribution >= 4 is 21.8 Å². The van der Waals surface area contributed by atoms with Gasteiger partial charge in [-0.3, -0.25) is 4.79 Å². The molecule has 0 fully saturated rings. The van der Waals surface area contributed by atoms with Crippen LogP contribution in [0.4, 0.5) is 0 Å². The maximum Gasteiger partial charge on any atom is 0.258 e. The van der Waals surface area contributed by atoms with Crippen molar-refractivity contribution in [3.05, 3.63) is 28.7 Å². The average Bonchev–Trinajstić information content (AvgIpc) is 2.28. The molecule has 1 atom stereocenters. The molecular weight excluding hydrogens is 282 g/mol. The van der Waals surface area contributed by atoms with Gasteiger partial charge in [0.1, 0.15) is 5.75 Å². The molecule has 1 rings (SSSR count). The summed E-state index contributed by atoms with van der Waals surface area (Å²) in [5.41, 5.74) is 0. The van der Waals surface area contributed by atoms with E-state index in [-0.39, 0.29) is 18.6 Å². The Bertz CT molecular complexity index is 368. The van der Waals surface area contributed by atoms with E-state index in [1.807, 2.05) is 31.2 Å². The fourth-order valence-corrected chi connectivity index (χ4v) is 1.93. The number of carbonyl (C=O) groups is 1. The summed E-state index contributed by atoms with van der Waals surface area (Å²) in [6, 6.07) is 7.69. The normalized spacial score (nSPS) is 11.9. The van der Waals surface area contributed by atoms with Gasteiger partial charge in [0.05, 0.1) is 4.47 Å². The Kier molecular flexibility index (Phi) is 6.05. The smallest absolute Gasteiger partial charge is 0.258 e. The first-order valence-electron chi connectivity index (χ1n) is 5.80. The monoisotopic (exact) mass is 299 g/mol. The van der Waals surface area contributed by atoms with Gasteiger partial charge in [-0.2, -0.15) is 0 Å². The molecule has 1 amide bonds. The lowest BCUT2D eigenvalue weighted by Gasteiger charge is -2.13. The number of ether oxygens (including phenoxy) is 1. The highest BCUT2D eigenvalue weighted by atomic mass is 79.9. The van der Waals surface area contributed by atoms with Gasteiger partial charge in [-0.15, -0.1) is 0 Å². The summed E-state index contributed by atoms with van der Waals surface area (Å²) in [4.78, 5) is 11.6. The molecule has 94 valence electrons. The first kappa shape index (κ1) is 14.0. The maximum absolute atomic E-state index is 11.6. The first-order chi connectivity index (χ1) is 8.13. The van der Waals surface area contributed by atoms with E-state index in [1.54, 1.807) is 0 Å². The minimum atomic E-state index is -0.0818. The third-order valence-corrected chi connectivity index (χ3v) is 2.98. The molecule has 0 aliphatic heterocycles. The molecule has 0 saturated carbocycles. The van der Waals surface area contributed by atoms with Gasteiger partial charge < -0.3 is 10.1 Å². The summed E-state index contributed by atoms with van der Waals surface area (Å²) in [5, 5.41) is 2.89. The number of hydrogen-bond acceptors (Lipinski definition) is 2. The zero-order chi connectivity index (χ0) is 12.7. The molecule has 4 heteroatoms. The van der Waals surface area contributed by atoms with Crippen molar-refractivity contribution in [3.63, 3.8) is 0 Å². The zero-order valence-corrected chi connectivity index (χ0v) is 11.8. The van der Waals surface area contributed by atoms with Crippen LogP contribution < -0.4 is 10.1 Å². The predicted octanol–water partition coefficient (Wildman–Crippen LogP) is 3.13. The van der Waals surface area contributed by atoms with Gasteiger partial charge >= 0.3 is 0 Å². The quantitative estimate of drug-likeness (QED) is 0.876. The van der Waals surface area contributed by atoms with Gasteiger partial charge in [-0.05, 0) is 41.4 Å². The topological polar surface area (TPSA) is 38.3 Å². The number of amides is 1. The van der Waals surface area contributed by atoms with Crippen LogP contribution in [0.3, 0.4) is 0 Å². The van der Waals surface area contributed by atoms with Crippen LogP contribution in [0.5, 0.6) is 5.75 Å². The van der Waals surface area contributed by atoms with Gasteiger partial charge in [0, 0.05) is 6.04 Å². The Morgan fingerprint density at radius 3 is 2.82 bits per heavy atom. The van der Waals surface area contributed by atoms with Crippen LogP contribution in [0.2, 0.25) is 0 Å². The van der Waals surface area contributed by atoms with Crippen LogP contribution in [-0.2, 0) is 4.79 Å². The van der Waals surface area contributed by atoms with E-state index < -0.39 is 0 Å². The molecule has 0 saturated heterocycles. The third-order valence-electron chi connectivity index (χ3n) is 2.32. The highest BCUT2D eigenvalue weighted by Gasteiger charge is 2.08. The van der Waals surface area contributed by atoms with Crippen LogP contribution in [0.1, 0.15) is 26.7 Å². The summed E-state index contributed by atoms with van der Waals surface area (Å²) >= 11 is 3.37. The fraction of sp³-hybridized carbons (Fsp3) is 0.462. The lowest BCUT2D eigenvalue weighted by Crippen LogP contribution is -2.35. The predicted molar refractivity (Wildman–Crippen MR) is 72.1 cm³/mol. The Hall–Kier alpha value is -1.03. The summed E-state index contributed by atoms with van der Waals surface area (Å²) < 4.78 is 6.27. The summed E-state index contributed by atoms with van der Waals surface area (Å²) in [6.07, 6.45) is 2.05. The molecule has 0 spiro atoms. The Morgan fingerprint density at radius 2 is 2.18 bits per heavy atom. The largest absolute Gasteiger partial charge is 0.483 e. The molecule has 0 heterocycles. The van der Waals surface area contributed by atoms with E-state index >= 15 is 0 Å². The minimum Gasteiger partial charge on any atom is -0.483 e. The van der Waals surface area contributed by atoms with Crippen molar-refractivity contribution in [2.24, 2.45) is 0 Å². The van der Waals surface area contributed by atoms with Crippen LogP contribution in [0.15, 0.2) is 28.7 Å². The van der Waals surface area contributed by atoms with E-state index in [4.69, 9.17) is 4.74 Å². The van der Waals surface area contributed by atoms with Crippen LogP contribution in [0.25, 0.3) is 0 Å². The van der Waals surface area contributed by atoms with Crippen LogP contribution >= 0.6 is 15.9 Å². The molecule has 0 aliphatic rings. The average molecular weight is 300 g/mol. The molecule has 0 aromatic heterocycles. The molecular formula is C13H18BrNO2. The number of carbonyl (C=O) groups excluding carboxylic acids is 1. The van der Waals surface area contributed by atoms with Crippen molar-refractivity contribution in [2.75, 3.05) is 6.61 Å². The van der Waals surface area contributed by atoms with E-state index in [1.165, 1.54) is 0 Å². The van der Waals surface area contributed by atoms with E-state index in [9.17, 15) is 4.79 Å². The number of hydrogen-bond donors (Lipinski definition) is 1. The Balaban J connectivity index is 2.36. The number of rotatable bonds is 6. The van der Waals surface area contributed by atoms with Crippen molar-refractivity contribution < 1.29 is 9.53 Å². The second-order valence-corrected chi connectivity index (χ2v) is 4.83. The van der Waals surface area contributed by atoms with Gasteiger partial charge in [0.2, 0.25) is 0 Å². The van der Waals surface area contributed by atoms with E-state index in [2.05, 4.69) is 28.2 Å². The second-order valence-electron chi connectivity index (χ2n) is 3.98. The molecule has 1 aromatic rings. The first-order valence-corrected chi connectivity index (χ1v) is 6.59. The summed E-state index contributed by atoms with van der Waals surface area (Å²) in [7, 11) is 0. The molecule has 0 bridgehead atoms. The lowest BCUT2D eigenvalue weighted by atomic mass is 10.2. The van der Waals surface area contributed by atoms with Gasteiger partial charge in [-0.1, -0.05) is 25.5 Å². The Morgan fingerprint density at radius 1 is 1.47 bits per heavy atom. The fourth-order valence-electron chi connectivity index (χ4n) is 1.53. The van der Waals surface area contributed by atoms with Crippen molar-refractivity contribution in [3.8, 4) is 5.75 Å². The highest BCUT2D eigenvalue weighted by molar-refractivity contribution is 9.10.